The van der Waals surface area contributed by atoms with E-state index in [1.165, 1.54) is 32.7 Å². The molecule has 2 heterocycles. The third-order valence-electron chi connectivity index (χ3n) is 10.7. The number of fused-ring (bicyclic) bond motifs is 7. The molecular weight excluding hydrogens is 673 g/mol. The Kier molecular flexibility index (Phi) is 7.14. The first-order valence-electron chi connectivity index (χ1n) is 18.5. The zero-order valence-electron chi connectivity index (χ0n) is 29.7. The van der Waals surface area contributed by atoms with Gasteiger partial charge in [0.15, 0.2) is 5.58 Å². The topological polar surface area (TPSA) is 42.4 Å². The SMILES string of the molecule is c1ccc(-c2cccc(N(c3ccc(-c4ccc5c(c4)oc4cc6nc(-c7ccccc7)oc6cc45)cc3)c3ccc4ccc5ccccc5c4c3)c2)cc1. The van der Waals surface area contributed by atoms with Crippen LogP contribution in [0, 0.1) is 0 Å². The van der Waals surface area contributed by atoms with E-state index in [0.29, 0.717) is 5.89 Å². The van der Waals surface area contributed by atoms with E-state index in [1.54, 1.807) is 0 Å². The molecule has 0 fully saturated rings. The van der Waals surface area contributed by atoms with Crippen molar-refractivity contribution in [2.24, 2.45) is 0 Å². The van der Waals surface area contributed by atoms with Gasteiger partial charge < -0.3 is 13.7 Å². The molecule has 0 atom stereocenters. The Labute approximate surface area is 317 Å². The number of rotatable bonds is 6. The van der Waals surface area contributed by atoms with Crippen LogP contribution in [-0.2, 0) is 0 Å². The second-order valence-corrected chi connectivity index (χ2v) is 14.0. The number of benzene rings is 9. The average molecular weight is 705 g/mol. The van der Waals surface area contributed by atoms with E-state index in [9.17, 15) is 0 Å². The Morgan fingerprint density at radius 3 is 1.78 bits per heavy atom. The van der Waals surface area contributed by atoms with Crippen molar-refractivity contribution in [3.63, 3.8) is 0 Å². The summed E-state index contributed by atoms with van der Waals surface area (Å²) in [4.78, 5) is 7.11. The molecule has 0 spiro atoms. The normalized spacial score (nSPS) is 11.6. The van der Waals surface area contributed by atoms with Gasteiger partial charge in [-0.1, -0.05) is 121 Å². The predicted molar refractivity (Wildman–Crippen MR) is 227 cm³/mol. The number of anilines is 3. The van der Waals surface area contributed by atoms with Crippen LogP contribution in [0.2, 0.25) is 0 Å². The van der Waals surface area contributed by atoms with Gasteiger partial charge in [-0.2, -0.15) is 0 Å². The van der Waals surface area contributed by atoms with Crippen molar-refractivity contribution in [1.82, 2.24) is 4.98 Å². The summed E-state index contributed by atoms with van der Waals surface area (Å²) in [5.74, 6) is 0.606. The van der Waals surface area contributed by atoms with E-state index >= 15 is 0 Å². The van der Waals surface area contributed by atoms with Crippen molar-refractivity contribution in [1.29, 1.82) is 0 Å². The van der Waals surface area contributed by atoms with Crippen LogP contribution in [0.1, 0.15) is 0 Å². The number of oxazole rings is 1. The largest absolute Gasteiger partial charge is 0.456 e. The minimum Gasteiger partial charge on any atom is -0.456 e. The molecule has 0 aliphatic carbocycles. The van der Waals surface area contributed by atoms with Gasteiger partial charge in [-0.25, -0.2) is 4.98 Å². The number of nitrogens with zero attached hydrogens (tertiary/aromatic N) is 2. The molecule has 0 radical (unpaired) electrons. The van der Waals surface area contributed by atoms with Crippen molar-refractivity contribution >= 4 is 71.6 Å². The molecule has 0 unspecified atom stereocenters. The Balaban J connectivity index is 0.985. The maximum absolute atomic E-state index is 6.44. The maximum atomic E-state index is 6.44. The van der Waals surface area contributed by atoms with Gasteiger partial charge >= 0.3 is 0 Å². The molecule has 2 aromatic heterocycles. The molecule has 11 rings (SSSR count). The first-order chi connectivity index (χ1) is 27.2. The van der Waals surface area contributed by atoms with Gasteiger partial charge in [-0.3, -0.25) is 0 Å². The lowest BCUT2D eigenvalue weighted by Crippen LogP contribution is -2.10. The van der Waals surface area contributed by atoms with Crippen molar-refractivity contribution in [2.45, 2.75) is 0 Å². The summed E-state index contributed by atoms with van der Waals surface area (Å²) in [6.07, 6.45) is 0. The predicted octanol–water partition coefficient (Wildman–Crippen LogP) is 14.5. The number of hydrogen-bond acceptors (Lipinski definition) is 4. The second-order valence-electron chi connectivity index (χ2n) is 14.0. The lowest BCUT2D eigenvalue weighted by atomic mass is 10.00. The molecule has 4 heteroatoms. The molecule has 9 aromatic carbocycles. The molecule has 0 aliphatic heterocycles. The molecule has 0 amide bonds. The van der Waals surface area contributed by atoms with Crippen LogP contribution >= 0.6 is 0 Å². The molecule has 4 nitrogen and oxygen atoms in total. The smallest absolute Gasteiger partial charge is 0.227 e. The van der Waals surface area contributed by atoms with Gasteiger partial charge in [0.1, 0.15) is 16.7 Å². The van der Waals surface area contributed by atoms with Gasteiger partial charge in [0.2, 0.25) is 5.89 Å². The van der Waals surface area contributed by atoms with Crippen molar-refractivity contribution in [3.05, 3.63) is 194 Å². The van der Waals surface area contributed by atoms with Gasteiger partial charge in [0.25, 0.3) is 0 Å². The standard InChI is InChI=1S/C51H32N2O2/c1-3-10-33(11-4-1)38-15-9-16-41(28-38)53(42-26-22-36-19-18-35-12-7-8-17-43(35)45(36)30-42)40-24-20-34(21-25-40)39-23-27-44-46-31-50-47(32-49(46)54-48(44)29-39)52-51(55-50)37-13-5-2-6-14-37/h1-32H. The molecule has 11 aromatic rings. The van der Waals surface area contributed by atoms with Crippen LogP contribution in [0.4, 0.5) is 17.1 Å². The van der Waals surface area contributed by atoms with Gasteiger partial charge in [0.05, 0.1) is 0 Å². The highest BCUT2D eigenvalue weighted by atomic mass is 16.4. The summed E-state index contributed by atoms with van der Waals surface area (Å²) in [5, 5.41) is 6.99. The lowest BCUT2D eigenvalue weighted by Gasteiger charge is -2.27. The summed E-state index contributed by atoms with van der Waals surface area (Å²) < 4.78 is 12.6. The fraction of sp³-hybridized carbons (Fsp3) is 0. The van der Waals surface area contributed by atoms with Crippen LogP contribution in [0.15, 0.2) is 203 Å². The van der Waals surface area contributed by atoms with Gasteiger partial charge in [0, 0.05) is 39.5 Å². The number of aromatic nitrogens is 1. The fourth-order valence-corrected chi connectivity index (χ4v) is 7.92. The Bertz CT molecular complexity index is 3200. The van der Waals surface area contributed by atoms with E-state index < -0.39 is 0 Å². The van der Waals surface area contributed by atoms with Crippen LogP contribution < -0.4 is 4.90 Å². The molecule has 0 saturated heterocycles. The van der Waals surface area contributed by atoms with E-state index in [4.69, 9.17) is 13.8 Å². The highest BCUT2D eigenvalue weighted by molar-refractivity contribution is 6.10. The summed E-state index contributed by atoms with van der Waals surface area (Å²) >= 11 is 0. The zero-order chi connectivity index (χ0) is 36.3. The summed E-state index contributed by atoms with van der Waals surface area (Å²) in [6.45, 7) is 0. The Morgan fingerprint density at radius 2 is 0.945 bits per heavy atom. The van der Waals surface area contributed by atoms with E-state index in [0.717, 1.165) is 66.8 Å². The molecule has 55 heavy (non-hydrogen) atoms. The quantitative estimate of drug-likeness (QED) is 0.162. The Morgan fingerprint density at radius 1 is 0.327 bits per heavy atom. The second kappa shape index (κ2) is 12.6. The zero-order valence-corrected chi connectivity index (χ0v) is 29.7. The van der Waals surface area contributed by atoms with Crippen LogP contribution in [0.5, 0.6) is 0 Å². The summed E-state index contributed by atoms with van der Waals surface area (Å²) in [6, 6.07) is 68.4. The van der Waals surface area contributed by atoms with E-state index in [1.807, 2.05) is 42.5 Å². The minimum atomic E-state index is 0.606. The number of hydrogen-bond donors (Lipinski definition) is 0. The fourth-order valence-electron chi connectivity index (χ4n) is 7.92. The third-order valence-corrected chi connectivity index (χ3v) is 10.7. The van der Waals surface area contributed by atoms with Gasteiger partial charge in [-0.15, -0.1) is 0 Å². The third kappa shape index (κ3) is 5.43. The maximum Gasteiger partial charge on any atom is 0.227 e. The van der Waals surface area contributed by atoms with Crippen molar-refractivity contribution < 1.29 is 8.83 Å². The van der Waals surface area contributed by atoms with E-state index in [2.05, 4.69) is 157 Å². The number of furan rings is 1. The Hall–Kier alpha value is -7.43. The summed E-state index contributed by atoms with van der Waals surface area (Å²) in [7, 11) is 0. The molecule has 258 valence electrons. The monoisotopic (exact) mass is 704 g/mol. The van der Waals surface area contributed by atoms with Crippen LogP contribution in [0.25, 0.3) is 88.3 Å². The molecular formula is C51H32N2O2. The van der Waals surface area contributed by atoms with Crippen molar-refractivity contribution in [2.75, 3.05) is 4.90 Å². The van der Waals surface area contributed by atoms with Gasteiger partial charge in [-0.05, 0) is 111 Å². The summed E-state index contributed by atoms with van der Waals surface area (Å²) in [5.41, 5.74) is 11.9. The molecule has 0 saturated carbocycles. The average Bonchev–Trinajstić information content (AvgIpc) is 3.84. The van der Waals surface area contributed by atoms with Crippen molar-refractivity contribution in [3.8, 4) is 33.7 Å². The van der Waals surface area contributed by atoms with Crippen LogP contribution in [0.3, 0.4) is 0 Å². The first-order valence-corrected chi connectivity index (χ1v) is 18.5. The molecule has 0 aliphatic rings. The molecule has 0 bridgehead atoms. The highest BCUT2D eigenvalue weighted by Gasteiger charge is 2.17. The first kappa shape index (κ1) is 31.1. The van der Waals surface area contributed by atoms with Crippen LogP contribution in [-0.4, -0.2) is 4.98 Å². The lowest BCUT2D eigenvalue weighted by molar-refractivity contribution is 0.620. The van der Waals surface area contributed by atoms with E-state index in [-0.39, 0.29) is 0 Å². The molecule has 0 N–H and O–H groups in total. The minimum absolute atomic E-state index is 0.606. The highest BCUT2D eigenvalue weighted by Crippen LogP contribution is 2.41.